The highest BCUT2D eigenvalue weighted by Crippen LogP contribution is 2.25. The molecule has 1 saturated heterocycles. The number of carboxylic acids is 1. The Morgan fingerprint density at radius 2 is 2.06 bits per heavy atom. The molecule has 0 amide bonds. The summed E-state index contributed by atoms with van der Waals surface area (Å²) in [5.41, 5.74) is 2.72. The topological polar surface area (TPSA) is 66.3 Å². The van der Waals surface area contributed by atoms with Crippen molar-refractivity contribution in [2.24, 2.45) is 5.92 Å². The molecule has 1 aromatic carbocycles. The van der Waals surface area contributed by atoms with Crippen LogP contribution < -0.4 is 4.90 Å². The van der Waals surface area contributed by atoms with Gasteiger partial charge in [-0.1, -0.05) is 0 Å². The molecular formula is C13H13N3O2. The Balaban J connectivity index is 1.89. The first-order valence-electron chi connectivity index (χ1n) is 5.92. The second-order valence-electron chi connectivity index (χ2n) is 4.50. The maximum Gasteiger partial charge on any atom is 0.308 e. The lowest BCUT2D eigenvalue weighted by molar-refractivity contribution is -0.140. The lowest BCUT2D eigenvalue weighted by Crippen LogP contribution is -2.22. The fourth-order valence-electron chi connectivity index (χ4n) is 2.34. The van der Waals surface area contributed by atoms with Gasteiger partial charge in [-0.05, 0) is 24.6 Å². The van der Waals surface area contributed by atoms with Crippen LogP contribution in [0.25, 0.3) is 11.0 Å². The smallest absolute Gasteiger partial charge is 0.308 e. The molecule has 0 radical (unpaired) electrons. The Labute approximate surface area is 104 Å². The first-order chi connectivity index (χ1) is 8.74. The highest BCUT2D eigenvalue weighted by Gasteiger charge is 2.28. The molecule has 0 aliphatic carbocycles. The normalized spacial score (nSPS) is 19.3. The minimum Gasteiger partial charge on any atom is -0.481 e. The maximum atomic E-state index is 10.9. The van der Waals surface area contributed by atoms with Crippen molar-refractivity contribution in [2.75, 3.05) is 18.0 Å². The van der Waals surface area contributed by atoms with E-state index in [0.717, 1.165) is 23.3 Å². The standard InChI is InChI=1S/C13H13N3O2/c17-13(18)9-3-6-16(8-9)10-1-2-11-12(7-10)15-5-4-14-11/h1-2,4-5,7,9H,3,6,8H2,(H,17,18). The van der Waals surface area contributed by atoms with Crippen LogP contribution in [-0.4, -0.2) is 34.1 Å². The molecule has 2 heterocycles. The molecule has 2 aromatic rings. The van der Waals surface area contributed by atoms with Crippen LogP contribution in [0.4, 0.5) is 5.69 Å². The Morgan fingerprint density at radius 3 is 2.78 bits per heavy atom. The van der Waals surface area contributed by atoms with Crippen LogP contribution in [0.2, 0.25) is 0 Å². The number of hydrogen-bond acceptors (Lipinski definition) is 4. The monoisotopic (exact) mass is 243 g/mol. The molecule has 0 saturated carbocycles. The number of rotatable bonds is 2. The van der Waals surface area contributed by atoms with Crippen molar-refractivity contribution < 1.29 is 9.90 Å². The number of anilines is 1. The van der Waals surface area contributed by atoms with E-state index in [-0.39, 0.29) is 5.92 Å². The largest absolute Gasteiger partial charge is 0.481 e. The number of hydrogen-bond donors (Lipinski definition) is 1. The zero-order chi connectivity index (χ0) is 12.5. The van der Waals surface area contributed by atoms with Gasteiger partial charge in [0.25, 0.3) is 0 Å². The van der Waals surface area contributed by atoms with Crippen molar-refractivity contribution in [3.05, 3.63) is 30.6 Å². The van der Waals surface area contributed by atoms with E-state index in [1.165, 1.54) is 0 Å². The van der Waals surface area contributed by atoms with Crippen LogP contribution >= 0.6 is 0 Å². The van der Waals surface area contributed by atoms with Gasteiger partial charge in [-0.25, -0.2) is 0 Å². The van der Waals surface area contributed by atoms with Gasteiger partial charge in [0.15, 0.2) is 0 Å². The number of nitrogens with zero attached hydrogens (tertiary/aromatic N) is 3. The number of aliphatic carboxylic acids is 1. The summed E-state index contributed by atoms with van der Waals surface area (Å²) in [5.74, 6) is -0.972. The van der Waals surface area contributed by atoms with Crippen LogP contribution in [0.1, 0.15) is 6.42 Å². The van der Waals surface area contributed by atoms with Crippen molar-refractivity contribution >= 4 is 22.7 Å². The SMILES string of the molecule is O=C(O)C1CCN(c2ccc3nccnc3c2)C1. The van der Waals surface area contributed by atoms with E-state index in [4.69, 9.17) is 5.11 Å². The van der Waals surface area contributed by atoms with Crippen LogP contribution in [-0.2, 0) is 4.79 Å². The zero-order valence-corrected chi connectivity index (χ0v) is 9.78. The molecule has 1 fully saturated rings. The maximum absolute atomic E-state index is 10.9. The summed E-state index contributed by atoms with van der Waals surface area (Å²) in [6, 6.07) is 5.86. The average Bonchev–Trinajstić information content (AvgIpc) is 2.88. The molecule has 1 aromatic heterocycles. The summed E-state index contributed by atoms with van der Waals surface area (Å²) in [5, 5.41) is 9.00. The number of aromatic nitrogens is 2. The van der Waals surface area contributed by atoms with Gasteiger partial charge in [0.2, 0.25) is 0 Å². The molecule has 18 heavy (non-hydrogen) atoms. The molecule has 0 spiro atoms. The molecule has 1 atom stereocenters. The predicted octanol–water partition coefficient (Wildman–Crippen LogP) is 1.54. The zero-order valence-electron chi connectivity index (χ0n) is 9.78. The Morgan fingerprint density at radius 1 is 1.28 bits per heavy atom. The summed E-state index contributed by atoms with van der Waals surface area (Å²) in [4.78, 5) is 21.5. The Bertz CT molecular complexity index is 600. The molecular weight excluding hydrogens is 230 g/mol. The quantitative estimate of drug-likeness (QED) is 0.866. The van der Waals surface area contributed by atoms with Gasteiger partial charge in [0.1, 0.15) is 0 Å². The minimum absolute atomic E-state index is 0.262. The third kappa shape index (κ3) is 1.88. The Hall–Kier alpha value is -2.17. The minimum atomic E-state index is -0.710. The van der Waals surface area contributed by atoms with Crippen molar-refractivity contribution in [3.63, 3.8) is 0 Å². The second kappa shape index (κ2) is 4.25. The van der Waals surface area contributed by atoms with Gasteiger partial charge in [-0.2, -0.15) is 0 Å². The van der Waals surface area contributed by atoms with Crippen molar-refractivity contribution in [3.8, 4) is 0 Å². The lowest BCUT2D eigenvalue weighted by Gasteiger charge is -2.18. The van der Waals surface area contributed by atoms with E-state index in [2.05, 4.69) is 14.9 Å². The molecule has 0 bridgehead atoms. The molecule has 1 unspecified atom stereocenters. The van der Waals surface area contributed by atoms with E-state index >= 15 is 0 Å². The van der Waals surface area contributed by atoms with Crippen molar-refractivity contribution in [1.82, 2.24) is 9.97 Å². The van der Waals surface area contributed by atoms with E-state index in [0.29, 0.717) is 13.0 Å². The van der Waals surface area contributed by atoms with E-state index in [1.807, 2.05) is 18.2 Å². The molecule has 3 rings (SSSR count). The van der Waals surface area contributed by atoms with Crippen LogP contribution in [0.5, 0.6) is 0 Å². The summed E-state index contributed by atoms with van der Waals surface area (Å²) >= 11 is 0. The van der Waals surface area contributed by atoms with Crippen molar-refractivity contribution in [1.29, 1.82) is 0 Å². The molecule has 1 aliphatic heterocycles. The molecule has 1 N–H and O–H groups in total. The first-order valence-corrected chi connectivity index (χ1v) is 5.92. The number of fused-ring (bicyclic) bond motifs is 1. The fraction of sp³-hybridized carbons (Fsp3) is 0.308. The van der Waals surface area contributed by atoms with Gasteiger partial charge < -0.3 is 10.0 Å². The average molecular weight is 243 g/mol. The fourth-order valence-corrected chi connectivity index (χ4v) is 2.34. The highest BCUT2D eigenvalue weighted by atomic mass is 16.4. The number of benzene rings is 1. The van der Waals surface area contributed by atoms with Crippen molar-refractivity contribution in [2.45, 2.75) is 6.42 Å². The number of carboxylic acid groups (broad SMARTS) is 1. The van der Waals surface area contributed by atoms with E-state index < -0.39 is 5.97 Å². The predicted molar refractivity (Wildman–Crippen MR) is 67.5 cm³/mol. The first kappa shape index (κ1) is 11.0. The summed E-state index contributed by atoms with van der Waals surface area (Å²) in [6.45, 7) is 1.35. The van der Waals surface area contributed by atoms with Gasteiger partial charge in [-0.3, -0.25) is 14.8 Å². The van der Waals surface area contributed by atoms with Crippen LogP contribution in [0.3, 0.4) is 0 Å². The van der Waals surface area contributed by atoms with Crippen LogP contribution in [0, 0.1) is 5.92 Å². The molecule has 5 nitrogen and oxygen atoms in total. The van der Waals surface area contributed by atoms with Gasteiger partial charge >= 0.3 is 5.97 Å². The summed E-state index contributed by atoms with van der Waals surface area (Å²) in [7, 11) is 0. The summed E-state index contributed by atoms with van der Waals surface area (Å²) < 4.78 is 0. The van der Waals surface area contributed by atoms with E-state index in [9.17, 15) is 4.79 Å². The number of carbonyl (C=O) groups is 1. The molecule has 5 heteroatoms. The third-order valence-electron chi connectivity index (χ3n) is 3.36. The third-order valence-corrected chi connectivity index (χ3v) is 3.36. The molecule has 1 aliphatic rings. The van der Waals surface area contributed by atoms with Gasteiger partial charge in [0, 0.05) is 31.2 Å². The lowest BCUT2D eigenvalue weighted by atomic mass is 10.1. The highest BCUT2D eigenvalue weighted by molar-refractivity contribution is 5.79. The summed E-state index contributed by atoms with van der Waals surface area (Å²) in [6.07, 6.45) is 4.03. The molecule has 92 valence electrons. The van der Waals surface area contributed by atoms with Crippen LogP contribution in [0.15, 0.2) is 30.6 Å². The Kier molecular flexibility index (Phi) is 2.59. The van der Waals surface area contributed by atoms with Gasteiger partial charge in [-0.15, -0.1) is 0 Å². The second-order valence-corrected chi connectivity index (χ2v) is 4.50. The van der Waals surface area contributed by atoms with Gasteiger partial charge in [0.05, 0.1) is 17.0 Å². The van der Waals surface area contributed by atoms with E-state index in [1.54, 1.807) is 12.4 Å².